The molecular weight excluding hydrogens is 1290 g/mol. The van der Waals surface area contributed by atoms with E-state index in [9.17, 15) is 43.2 Å². The summed E-state index contributed by atoms with van der Waals surface area (Å²) in [5, 5.41) is 10.6. The molecule has 17 nitrogen and oxygen atoms in total. The van der Waals surface area contributed by atoms with Gasteiger partial charge in [0.15, 0.2) is 12.2 Å². The van der Waals surface area contributed by atoms with Gasteiger partial charge in [-0.2, -0.15) is 0 Å². The molecule has 0 aromatic carbocycles. The van der Waals surface area contributed by atoms with Crippen LogP contribution in [0.5, 0.6) is 0 Å². The number of hydrogen-bond acceptors (Lipinski definition) is 15. The Morgan fingerprint density at radius 3 is 0.768 bits per heavy atom. The molecule has 0 spiro atoms. The zero-order valence-electron chi connectivity index (χ0n) is 65.0. The van der Waals surface area contributed by atoms with Crippen molar-refractivity contribution in [3.63, 3.8) is 0 Å². The second-order valence-electron chi connectivity index (χ2n) is 29.8. The molecule has 3 N–H and O–H groups in total. The topological polar surface area (TPSA) is 237 Å². The van der Waals surface area contributed by atoms with Crippen LogP contribution in [0.4, 0.5) is 0 Å². The Kier molecular flexibility index (Phi) is 69.0. The predicted octanol–water partition coefficient (Wildman–Crippen LogP) is 23.7. The predicted molar refractivity (Wildman–Crippen MR) is 405 cm³/mol. The van der Waals surface area contributed by atoms with Crippen LogP contribution in [0.25, 0.3) is 0 Å². The van der Waals surface area contributed by atoms with Gasteiger partial charge in [0.25, 0.3) is 0 Å². The maximum atomic E-state index is 13.1. The van der Waals surface area contributed by atoms with Gasteiger partial charge < -0.3 is 33.8 Å². The molecule has 0 radical (unpaired) electrons. The van der Waals surface area contributed by atoms with Gasteiger partial charge in [0, 0.05) is 25.7 Å². The van der Waals surface area contributed by atoms with Crippen LogP contribution in [0.3, 0.4) is 0 Å². The molecule has 0 amide bonds. The summed E-state index contributed by atoms with van der Waals surface area (Å²) in [5.74, 6) is 0.262. The molecule has 19 heteroatoms. The number of carbonyl (C=O) groups excluding carboxylic acids is 4. The normalized spacial score (nSPS) is 14.5. The van der Waals surface area contributed by atoms with E-state index in [0.29, 0.717) is 31.6 Å². The number of carbonyl (C=O) groups is 4. The smallest absolute Gasteiger partial charge is 0.462 e. The second-order valence-corrected chi connectivity index (χ2v) is 32.7. The van der Waals surface area contributed by atoms with Crippen molar-refractivity contribution in [2.24, 2.45) is 17.8 Å². The quantitative estimate of drug-likeness (QED) is 0.0222. The van der Waals surface area contributed by atoms with Crippen molar-refractivity contribution < 1.29 is 80.2 Å². The lowest BCUT2D eigenvalue weighted by Crippen LogP contribution is -2.30. The lowest BCUT2D eigenvalue weighted by Gasteiger charge is -2.21. The van der Waals surface area contributed by atoms with Gasteiger partial charge in [-0.15, -0.1) is 0 Å². The Balaban J connectivity index is 5.23. The van der Waals surface area contributed by atoms with E-state index in [4.69, 9.17) is 37.0 Å². The number of phosphoric acid groups is 2. The zero-order chi connectivity index (χ0) is 73.0. The van der Waals surface area contributed by atoms with Crippen molar-refractivity contribution in [2.75, 3.05) is 39.6 Å². The molecule has 0 bridgehead atoms. The van der Waals surface area contributed by atoms with E-state index in [2.05, 4.69) is 48.5 Å². The van der Waals surface area contributed by atoms with Gasteiger partial charge in [-0.1, -0.05) is 363 Å². The number of rotatable bonds is 78. The van der Waals surface area contributed by atoms with E-state index in [1.165, 1.54) is 218 Å². The molecule has 0 saturated heterocycles. The van der Waals surface area contributed by atoms with Crippen LogP contribution >= 0.6 is 15.6 Å². The molecule has 0 rings (SSSR count). The third-order valence-electron chi connectivity index (χ3n) is 19.4. The van der Waals surface area contributed by atoms with Crippen LogP contribution < -0.4 is 0 Å². The minimum absolute atomic E-state index is 0.107. The van der Waals surface area contributed by atoms with Crippen LogP contribution in [0.1, 0.15) is 414 Å². The molecule has 0 fully saturated rings. The van der Waals surface area contributed by atoms with Crippen molar-refractivity contribution in [2.45, 2.75) is 433 Å². The summed E-state index contributed by atoms with van der Waals surface area (Å²) >= 11 is 0. The Labute approximate surface area is 607 Å². The minimum Gasteiger partial charge on any atom is -0.462 e. The first-order valence-corrected chi connectivity index (χ1v) is 44.4. The fourth-order valence-corrected chi connectivity index (χ4v) is 13.8. The van der Waals surface area contributed by atoms with E-state index in [-0.39, 0.29) is 25.7 Å². The molecule has 0 aliphatic rings. The summed E-state index contributed by atoms with van der Waals surface area (Å²) in [7, 11) is -9.92. The van der Waals surface area contributed by atoms with Crippen LogP contribution in [0.2, 0.25) is 0 Å². The summed E-state index contributed by atoms with van der Waals surface area (Å²) in [6, 6.07) is 0. The van der Waals surface area contributed by atoms with Crippen molar-refractivity contribution >= 4 is 39.5 Å². The number of aliphatic hydroxyl groups excluding tert-OH is 1. The molecule has 7 atom stereocenters. The Hall–Kier alpha value is -1.94. The number of aliphatic hydroxyl groups is 1. The summed E-state index contributed by atoms with van der Waals surface area (Å²) in [5.41, 5.74) is 0. The van der Waals surface area contributed by atoms with Gasteiger partial charge in [0.2, 0.25) is 0 Å². The highest BCUT2D eigenvalue weighted by molar-refractivity contribution is 7.47. The van der Waals surface area contributed by atoms with E-state index >= 15 is 0 Å². The van der Waals surface area contributed by atoms with Gasteiger partial charge in [0.1, 0.15) is 19.3 Å². The monoisotopic (exact) mass is 1450 g/mol. The summed E-state index contributed by atoms with van der Waals surface area (Å²) in [4.78, 5) is 72.9. The van der Waals surface area contributed by atoms with Crippen LogP contribution in [-0.4, -0.2) is 96.7 Å². The standard InChI is InChI=1S/C80H156O17P2/c1-8-11-12-13-14-15-16-17-24-30-35-40-49-56-63-80(85)97-76(68-91-78(83)62-55-48-43-42-44-51-58-71(4)5)70-95-99(88,89)93-66-74(81)65-92-98(86,87)94-69-75(96-79(84)64-57-50-41-36-31-26-21-19-23-28-33-38-46-53-60-73(7)10-3)67-90-77(82)61-54-47-39-34-29-25-20-18-22-27-32-37-45-52-59-72(6)9-2/h71-76,81H,8-70H2,1-7H3,(H,86,87)(H,88,89)/t72?,73?,74-,75-,76-/m1/s1. The highest BCUT2D eigenvalue weighted by Gasteiger charge is 2.30. The summed E-state index contributed by atoms with van der Waals surface area (Å²) in [6.07, 6.45) is 58.2. The molecule has 0 saturated carbocycles. The van der Waals surface area contributed by atoms with Crippen LogP contribution in [0, 0.1) is 17.8 Å². The van der Waals surface area contributed by atoms with Crippen LogP contribution in [-0.2, 0) is 65.4 Å². The van der Waals surface area contributed by atoms with Crippen molar-refractivity contribution in [3.05, 3.63) is 0 Å². The van der Waals surface area contributed by atoms with Crippen molar-refractivity contribution in [3.8, 4) is 0 Å². The van der Waals surface area contributed by atoms with Gasteiger partial charge in [-0.25, -0.2) is 9.13 Å². The maximum Gasteiger partial charge on any atom is 0.472 e. The summed E-state index contributed by atoms with van der Waals surface area (Å²) < 4.78 is 68.7. The highest BCUT2D eigenvalue weighted by atomic mass is 31.2. The number of unbranched alkanes of at least 4 members (excludes halogenated alkanes) is 44. The lowest BCUT2D eigenvalue weighted by atomic mass is 9.99. The van der Waals surface area contributed by atoms with Gasteiger partial charge >= 0.3 is 39.5 Å². The van der Waals surface area contributed by atoms with Gasteiger partial charge in [-0.3, -0.25) is 37.3 Å². The minimum atomic E-state index is -4.96. The second kappa shape index (κ2) is 70.4. The van der Waals surface area contributed by atoms with Crippen molar-refractivity contribution in [1.29, 1.82) is 0 Å². The first kappa shape index (κ1) is 97.1. The maximum absolute atomic E-state index is 13.1. The number of phosphoric ester groups is 2. The number of esters is 4. The van der Waals surface area contributed by atoms with E-state index in [1.54, 1.807) is 0 Å². The summed E-state index contributed by atoms with van der Waals surface area (Å²) in [6.45, 7) is 12.0. The third kappa shape index (κ3) is 71.5. The zero-order valence-corrected chi connectivity index (χ0v) is 66.8. The largest absolute Gasteiger partial charge is 0.472 e. The molecule has 0 heterocycles. The first-order valence-electron chi connectivity index (χ1n) is 41.4. The van der Waals surface area contributed by atoms with Crippen LogP contribution in [0.15, 0.2) is 0 Å². The van der Waals surface area contributed by atoms with E-state index in [1.807, 2.05) is 0 Å². The molecular formula is C80H156O17P2. The molecule has 0 aliphatic carbocycles. The van der Waals surface area contributed by atoms with E-state index < -0.39 is 97.5 Å². The molecule has 588 valence electrons. The molecule has 0 aromatic rings. The van der Waals surface area contributed by atoms with Crippen molar-refractivity contribution in [1.82, 2.24) is 0 Å². The Morgan fingerprint density at radius 1 is 0.293 bits per heavy atom. The lowest BCUT2D eigenvalue weighted by molar-refractivity contribution is -0.161. The Morgan fingerprint density at radius 2 is 0.515 bits per heavy atom. The van der Waals surface area contributed by atoms with Gasteiger partial charge in [-0.05, 0) is 43.4 Å². The van der Waals surface area contributed by atoms with Gasteiger partial charge in [0.05, 0.1) is 26.4 Å². The fourth-order valence-electron chi connectivity index (χ4n) is 12.2. The molecule has 99 heavy (non-hydrogen) atoms. The SMILES string of the molecule is CCCCCCCCCCCCCCCCC(=O)O[C@H](COC(=O)CCCCCCCCC(C)C)COP(=O)(O)OC[C@H](O)COP(=O)(O)OC[C@@H](COC(=O)CCCCCCCCCCCCCCCCC(C)CC)OC(=O)CCCCCCCCCCCCCCCCC(C)CC. The fraction of sp³-hybridized carbons (Fsp3) is 0.950. The van der Waals surface area contributed by atoms with E-state index in [0.717, 1.165) is 108 Å². The average Bonchev–Trinajstić information content (AvgIpc) is 1.05. The molecule has 0 aromatic heterocycles. The highest BCUT2D eigenvalue weighted by Crippen LogP contribution is 2.45. The number of hydrogen-bond donors (Lipinski definition) is 3. The average molecular weight is 1450 g/mol. The number of ether oxygens (including phenoxy) is 4. The molecule has 4 unspecified atom stereocenters. The Bertz CT molecular complexity index is 1930. The third-order valence-corrected chi connectivity index (χ3v) is 21.3. The first-order chi connectivity index (χ1) is 47.8. The molecule has 0 aliphatic heterocycles.